The number of carbonyl (C=O) groups excluding carboxylic acids is 1. The van der Waals surface area contributed by atoms with Gasteiger partial charge in [-0.05, 0) is 60.6 Å². The van der Waals surface area contributed by atoms with E-state index in [-0.39, 0.29) is 24.1 Å². The van der Waals surface area contributed by atoms with Gasteiger partial charge < -0.3 is 10.0 Å². The summed E-state index contributed by atoms with van der Waals surface area (Å²) in [5, 5.41) is 9.01. The maximum absolute atomic E-state index is 13.6. The Kier molecular flexibility index (Phi) is 8.83. The first-order valence-corrected chi connectivity index (χ1v) is 12.9. The monoisotopic (exact) mass is 500 g/mol. The molecule has 1 N–H and O–H groups in total. The van der Waals surface area contributed by atoms with Gasteiger partial charge in [0.25, 0.3) is 5.91 Å². The normalized spacial score (nSPS) is 18.4. The van der Waals surface area contributed by atoms with Gasteiger partial charge in [0, 0.05) is 36.6 Å². The van der Waals surface area contributed by atoms with Crippen LogP contribution in [0.1, 0.15) is 49.7 Å². The third-order valence-electron chi connectivity index (χ3n) is 6.75. The van der Waals surface area contributed by atoms with Crippen molar-refractivity contribution in [2.75, 3.05) is 19.6 Å². The van der Waals surface area contributed by atoms with Crippen LogP contribution in [-0.4, -0.2) is 47.2 Å². The number of hydrogen-bond acceptors (Lipinski definition) is 3. The van der Waals surface area contributed by atoms with Gasteiger partial charge in [-0.1, -0.05) is 61.6 Å². The molecule has 1 amide bonds. The lowest BCUT2D eigenvalue weighted by atomic mass is 9.90. The molecule has 1 atom stereocenters. The number of amides is 1. The first-order chi connectivity index (χ1) is 17.9. The summed E-state index contributed by atoms with van der Waals surface area (Å²) in [5.74, 6) is -0.775. The highest BCUT2D eigenvalue weighted by Gasteiger charge is 2.32. The van der Waals surface area contributed by atoms with Gasteiger partial charge in [0.2, 0.25) is 0 Å². The molecule has 5 nitrogen and oxygen atoms in total. The van der Waals surface area contributed by atoms with Crippen LogP contribution in [0.25, 0.3) is 0 Å². The Hall–Kier alpha value is -3.80. The molecule has 0 radical (unpaired) electrons. The summed E-state index contributed by atoms with van der Waals surface area (Å²) in [4.78, 5) is 31.0. The number of benzene rings is 2. The van der Waals surface area contributed by atoms with Crippen LogP contribution in [0.3, 0.4) is 0 Å². The minimum Gasteiger partial charge on any atom is -0.481 e. The highest BCUT2D eigenvalue weighted by atomic mass is 19.1. The minimum atomic E-state index is -0.808. The number of carboxylic acid groups (broad SMARTS) is 1. The van der Waals surface area contributed by atoms with Crippen LogP contribution in [0, 0.1) is 11.7 Å². The van der Waals surface area contributed by atoms with Gasteiger partial charge in [-0.25, -0.2) is 4.39 Å². The molecule has 37 heavy (non-hydrogen) atoms. The Morgan fingerprint density at radius 1 is 1.03 bits per heavy atom. The van der Waals surface area contributed by atoms with Gasteiger partial charge in [0.15, 0.2) is 0 Å². The maximum atomic E-state index is 13.6. The summed E-state index contributed by atoms with van der Waals surface area (Å²) >= 11 is 0. The number of carbonyl (C=O) groups is 2. The van der Waals surface area contributed by atoms with Gasteiger partial charge in [-0.3, -0.25) is 14.6 Å². The van der Waals surface area contributed by atoms with Gasteiger partial charge in [0.05, 0.1) is 12.3 Å². The average molecular weight is 501 g/mol. The standard InChI is InChI=1S/C31H33FN2O3/c1-22-18-25(10-5-6-12-29(35)36)30(24-13-15-28(32)16-14-24)33-17-7-11-26(19-22)31(37)34-20-27(21-34)23-8-3-2-4-9-23/h2-4,7-9,11,13-16,18-19,22,27H,5-6,10,12,17,20-21H2,1H3,(H,35,36). The Morgan fingerprint density at radius 3 is 2.46 bits per heavy atom. The van der Waals surface area contributed by atoms with Gasteiger partial charge in [-0.15, -0.1) is 0 Å². The molecule has 2 aliphatic heterocycles. The number of halogens is 1. The van der Waals surface area contributed by atoms with Crippen LogP contribution in [0.4, 0.5) is 4.39 Å². The lowest BCUT2D eigenvalue weighted by Crippen LogP contribution is -2.48. The van der Waals surface area contributed by atoms with E-state index in [1.807, 2.05) is 48.3 Å². The maximum Gasteiger partial charge on any atom is 0.303 e. The van der Waals surface area contributed by atoms with Crippen molar-refractivity contribution < 1.29 is 19.1 Å². The molecule has 1 unspecified atom stereocenters. The van der Waals surface area contributed by atoms with E-state index in [9.17, 15) is 14.0 Å². The number of aliphatic carboxylic acids is 1. The molecule has 2 aromatic carbocycles. The van der Waals surface area contributed by atoms with E-state index in [0.29, 0.717) is 50.4 Å². The first kappa shape index (κ1) is 26.3. The molecular weight excluding hydrogens is 467 g/mol. The Bertz CT molecular complexity index is 1220. The number of allylic oxidation sites excluding steroid dienone is 3. The fraction of sp³-hybridized carbons (Fsp3) is 0.323. The number of hydrogen-bond donors (Lipinski definition) is 1. The molecular formula is C31H33FN2O3. The predicted octanol–water partition coefficient (Wildman–Crippen LogP) is 5.94. The third kappa shape index (κ3) is 7.13. The molecule has 4 rings (SSSR count). The van der Waals surface area contributed by atoms with Crippen LogP contribution in [0.5, 0.6) is 0 Å². The van der Waals surface area contributed by atoms with Gasteiger partial charge in [-0.2, -0.15) is 0 Å². The summed E-state index contributed by atoms with van der Waals surface area (Å²) in [6.07, 6.45) is 9.86. The summed E-state index contributed by atoms with van der Waals surface area (Å²) in [6, 6.07) is 16.6. The zero-order valence-electron chi connectivity index (χ0n) is 21.1. The fourth-order valence-corrected chi connectivity index (χ4v) is 4.79. The third-order valence-corrected chi connectivity index (χ3v) is 6.75. The van der Waals surface area contributed by atoms with E-state index in [0.717, 1.165) is 16.8 Å². The van der Waals surface area contributed by atoms with E-state index >= 15 is 0 Å². The molecule has 192 valence electrons. The van der Waals surface area contributed by atoms with E-state index in [2.05, 4.69) is 18.2 Å². The van der Waals surface area contributed by atoms with E-state index in [1.54, 1.807) is 12.1 Å². The average Bonchev–Trinajstić information content (AvgIpc) is 2.85. The highest BCUT2D eigenvalue weighted by molar-refractivity contribution is 6.12. The lowest BCUT2D eigenvalue weighted by Gasteiger charge is -2.40. The van der Waals surface area contributed by atoms with Gasteiger partial charge in [0.1, 0.15) is 5.82 Å². The molecule has 2 aliphatic rings. The number of likely N-dealkylation sites (tertiary alicyclic amines) is 1. The molecule has 2 aromatic rings. The van der Waals surface area contributed by atoms with Crippen molar-refractivity contribution in [3.63, 3.8) is 0 Å². The molecule has 0 bridgehead atoms. The van der Waals surface area contributed by atoms with Crippen molar-refractivity contribution >= 4 is 17.6 Å². The molecule has 0 aromatic heterocycles. The molecule has 0 aliphatic carbocycles. The summed E-state index contributed by atoms with van der Waals surface area (Å²) in [7, 11) is 0. The molecule has 0 spiro atoms. The Balaban J connectivity index is 1.53. The number of carboxylic acids is 1. The second-order valence-corrected chi connectivity index (χ2v) is 9.69. The van der Waals surface area contributed by atoms with Gasteiger partial charge >= 0.3 is 5.97 Å². The smallest absolute Gasteiger partial charge is 0.303 e. The SMILES string of the molecule is CC1C=C(C(=O)N2CC(c3ccccc3)C2)C=CCN=C(c2ccc(F)cc2)C(CCCCC(=O)O)=C1. The Labute approximate surface area is 217 Å². The van der Waals surface area contributed by atoms with Crippen LogP contribution in [0.15, 0.2) is 95.0 Å². The Morgan fingerprint density at radius 2 is 1.76 bits per heavy atom. The van der Waals surface area contributed by atoms with Crippen molar-refractivity contribution in [2.45, 2.75) is 38.5 Å². The zero-order chi connectivity index (χ0) is 26.2. The first-order valence-electron chi connectivity index (χ1n) is 12.9. The molecule has 0 saturated carbocycles. The van der Waals surface area contributed by atoms with Crippen LogP contribution in [-0.2, 0) is 9.59 Å². The number of aliphatic imine (C=N–C) groups is 1. The van der Waals surface area contributed by atoms with Crippen molar-refractivity contribution in [1.29, 1.82) is 0 Å². The molecule has 1 fully saturated rings. The minimum absolute atomic E-state index is 0.0231. The fourth-order valence-electron chi connectivity index (χ4n) is 4.79. The molecule has 1 saturated heterocycles. The number of nitrogens with zero attached hydrogens (tertiary/aromatic N) is 2. The van der Waals surface area contributed by atoms with Crippen molar-refractivity contribution in [1.82, 2.24) is 4.90 Å². The topological polar surface area (TPSA) is 70.0 Å². The van der Waals surface area contributed by atoms with Crippen LogP contribution in [0.2, 0.25) is 0 Å². The molecule has 6 heteroatoms. The summed E-state index contributed by atoms with van der Waals surface area (Å²) in [6.45, 7) is 3.83. The van der Waals surface area contributed by atoms with Crippen molar-refractivity contribution in [3.8, 4) is 0 Å². The second kappa shape index (κ2) is 12.4. The zero-order valence-corrected chi connectivity index (χ0v) is 21.1. The summed E-state index contributed by atoms with van der Waals surface area (Å²) in [5.41, 5.74) is 4.49. The lowest BCUT2D eigenvalue weighted by molar-refractivity contribution is -0.137. The largest absolute Gasteiger partial charge is 0.481 e. The van der Waals surface area contributed by atoms with E-state index in [4.69, 9.17) is 10.1 Å². The van der Waals surface area contributed by atoms with E-state index in [1.165, 1.54) is 17.7 Å². The van der Waals surface area contributed by atoms with E-state index < -0.39 is 5.97 Å². The second-order valence-electron chi connectivity index (χ2n) is 9.69. The predicted molar refractivity (Wildman–Crippen MR) is 144 cm³/mol. The number of unbranched alkanes of at least 4 members (excludes halogenated alkanes) is 1. The molecule has 2 heterocycles. The van der Waals surface area contributed by atoms with Crippen LogP contribution < -0.4 is 0 Å². The van der Waals surface area contributed by atoms with Crippen molar-refractivity contribution in [3.05, 3.63) is 107 Å². The van der Waals surface area contributed by atoms with Crippen LogP contribution >= 0.6 is 0 Å². The highest BCUT2D eigenvalue weighted by Crippen LogP contribution is 2.29. The van der Waals surface area contributed by atoms with Crippen molar-refractivity contribution in [2.24, 2.45) is 10.9 Å². The number of rotatable bonds is 8. The quantitative estimate of drug-likeness (QED) is 0.456. The summed E-state index contributed by atoms with van der Waals surface area (Å²) < 4.78 is 13.6.